The van der Waals surface area contributed by atoms with E-state index in [9.17, 15) is 14.0 Å². The van der Waals surface area contributed by atoms with Gasteiger partial charge in [-0.1, -0.05) is 33.3 Å². The van der Waals surface area contributed by atoms with Gasteiger partial charge in [0.15, 0.2) is 0 Å². The summed E-state index contributed by atoms with van der Waals surface area (Å²) in [6, 6.07) is 12.5. The molecule has 0 aliphatic rings. The third kappa shape index (κ3) is 5.94. The number of hydrogen-bond donors (Lipinski definition) is 3. The van der Waals surface area contributed by atoms with E-state index < -0.39 is 11.7 Å². The third-order valence-electron chi connectivity index (χ3n) is 4.37. The average Bonchev–Trinajstić information content (AvgIpc) is 3.21. The summed E-state index contributed by atoms with van der Waals surface area (Å²) in [6.45, 7) is 0.117. The highest BCUT2D eigenvalue weighted by molar-refractivity contribution is 9.10. The number of carbonyl (C=O) groups is 2. The molecule has 1 atom stereocenters. The highest BCUT2D eigenvalue weighted by Crippen LogP contribution is 2.20. The van der Waals surface area contributed by atoms with Crippen LogP contribution >= 0.6 is 15.9 Å². The lowest BCUT2D eigenvalue weighted by Crippen LogP contribution is -2.25. The Morgan fingerprint density at radius 2 is 1.97 bits per heavy atom. The lowest BCUT2D eigenvalue weighted by atomic mass is 10.0. The van der Waals surface area contributed by atoms with Crippen LogP contribution in [0.1, 0.15) is 34.1 Å². The van der Waals surface area contributed by atoms with Crippen LogP contribution in [-0.4, -0.2) is 32.0 Å². The molecule has 0 fully saturated rings. The molecule has 0 aliphatic heterocycles. The molecule has 0 aliphatic carbocycles. The van der Waals surface area contributed by atoms with Gasteiger partial charge in [-0.2, -0.15) is 0 Å². The maximum Gasteiger partial charge on any atom is 0.251 e. The van der Waals surface area contributed by atoms with Crippen molar-refractivity contribution in [2.75, 3.05) is 0 Å². The normalized spacial score (nSPS) is 11.7. The van der Waals surface area contributed by atoms with Crippen molar-refractivity contribution < 1.29 is 19.2 Å². The van der Waals surface area contributed by atoms with Gasteiger partial charge in [0.2, 0.25) is 5.91 Å². The Morgan fingerprint density at radius 3 is 2.67 bits per heavy atom. The molecular formula is C20H19BrFN5O3. The Bertz CT molecular complexity index is 1030. The van der Waals surface area contributed by atoms with Crippen LogP contribution in [-0.2, 0) is 17.8 Å². The second-order valence-corrected chi connectivity index (χ2v) is 7.52. The predicted molar refractivity (Wildman–Crippen MR) is 109 cm³/mol. The second kappa shape index (κ2) is 10.1. The Morgan fingerprint density at radius 1 is 1.20 bits per heavy atom. The van der Waals surface area contributed by atoms with Gasteiger partial charge in [-0.05, 0) is 48.4 Å². The summed E-state index contributed by atoms with van der Waals surface area (Å²) in [7, 11) is 0. The quantitative estimate of drug-likeness (QED) is 0.342. The Balaban J connectivity index is 1.68. The number of nitrogens with one attached hydrogen (secondary N) is 2. The van der Waals surface area contributed by atoms with Crippen molar-refractivity contribution in [1.82, 2.24) is 25.8 Å². The fourth-order valence-corrected chi connectivity index (χ4v) is 3.35. The van der Waals surface area contributed by atoms with E-state index in [-0.39, 0.29) is 24.9 Å². The molecule has 2 aromatic carbocycles. The maximum absolute atomic E-state index is 13.0. The molecule has 1 aromatic heterocycles. The van der Waals surface area contributed by atoms with Crippen LogP contribution < -0.4 is 10.8 Å². The van der Waals surface area contributed by atoms with Crippen molar-refractivity contribution in [3.8, 4) is 0 Å². The average molecular weight is 476 g/mol. The van der Waals surface area contributed by atoms with Gasteiger partial charge in [-0.15, -0.1) is 5.10 Å². The van der Waals surface area contributed by atoms with Gasteiger partial charge in [-0.25, -0.2) is 14.6 Å². The number of hydrogen-bond acceptors (Lipinski definition) is 5. The van der Waals surface area contributed by atoms with E-state index in [0.29, 0.717) is 17.7 Å². The number of hydroxylamine groups is 1. The van der Waals surface area contributed by atoms with E-state index in [0.717, 1.165) is 10.0 Å². The molecule has 0 radical (unpaired) electrons. The molecule has 3 aromatic rings. The van der Waals surface area contributed by atoms with Gasteiger partial charge in [-0.3, -0.25) is 14.8 Å². The topological polar surface area (TPSA) is 109 Å². The summed E-state index contributed by atoms with van der Waals surface area (Å²) < 4.78 is 15.4. The zero-order chi connectivity index (χ0) is 21.5. The molecule has 0 spiro atoms. The monoisotopic (exact) mass is 475 g/mol. The zero-order valence-electron chi connectivity index (χ0n) is 15.8. The largest absolute Gasteiger partial charge is 0.346 e. The molecule has 10 heteroatoms. The van der Waals surface area contributed by atoms with Gasteiger partial charge in [0.1, 0.15) is 11.5 Å². The Labute approximate surface area is 180 Å². The summed E-state index contributed by atoms with van der Waals surface area (Å²) in [5.74, 6) is -1.33. The smallest absolute Gasteiger partial charge is 0.251 e. The van der Waals surface area contributed by atoms with Gasteiger partial charge in [0, 0.05) is 10.0 Å². The minimum Gasteiger partial charge on any atom is -0.346 e. The minimum atomic E-state index is -0.545. The van der Waals surface area contributed by atoms with Crippen LogP contribution in [0.2, 0.25) is 0 Å². The van der Waals surface area contributed by atoms with Gasteiger partial charge >= 0.3 is 0 Å². The summed E-state index contributed by atoms with van der Waals surface area (Å²) in [5.41, 5.74) is 3.44. The number of aromatic nitrogens is 3. The summed E-state index contributed by atoms with van der Waals surface area (Å²) in [5, 5.41) is 19.7. The number of rotatable bonds is 8. The molecule has 2 amide bonds. The first-order valence-electron chi connectivity index (χ1n) is 9.06. The van der Waals surface area contributed by atoms with E-state index >= 15 is 0 Å². The van der Waals surface area contributed by atoms with Crippen molar-refractivity contribution in [3.63, 3.8) is 0 Å². The lowest BCUT2D eigenvalue weighted by molar-refractivity contribution is -0.130. The molecule has 0 unspecified atom stereocenters. The van der Waals surface area contributed by atoms with Crippen LogP contribution in [0.25, 0.3) is 0 Å². The SMILES string of the molecule is O=C(C[C@@H](Cc1cccc(Br)c1)n1cc(CNC(=O)c2ccc(F)cc2)nn1)NO. The van der Waals surface area contributed by atoms with E-state index in [1.165, 1.54) is 28.9 Å². The Hall–Kier alpha value is -3.11. The fraction of sp³-hybridized carbons (Fsp3) is 0.200. The highest BCUT2D eigenvalue weighted by Gasteiger charge is 2.19. The minimum absolute atomic E-state index is 0.00620. The highest BCUT2D eigenvalue weighted by atomic mass is 79.9. The first-order chi connectivity index (χ1) is 14.4. The molecule has 8 nitrogen and oxygen atoms in total. The van der Waals surface area contributed by atoms with Crippen LogP contribution in [0.3, 0.4) is 0 Å². The summed E-state index contributed by atoms with van der Waals surface area (Å²) >= 11 is 3.42. The number of amides is 2. The van der Waals surface area contributed by atoms with Crippen LogP contribution in [0.4, 0.5) is 4.39 Å². The standard InChI is InChI=1S/C20H19BrFN5O3/c21-15-3-1-2-13(8-15)9-18(10-19(28)25-30)27-12-17(24-26-27)11-23-20(29)14-4-6-16(22)7-5-14/h1-8,12,18,30H,9-11H2,(H,23,29)(H,25,28)/t18-/m1/s1. The molecule has 3 rings (SSSR count). The molecule has 30 heavy (non-hydrogen) atoms. The summed E-state index contributed by atoms with van der Waals surface area (Å²) in [6.07, 6.45) is 2.11. The Kier molecular flexibility index (Phi) is 7.26. The lowest BCUT2D eigenvalue weighted by Gasteiger charge is -2.16. The van der Waals surface area contributed by atoms with Crippen molar-refractivity contribution in [2.24, 2.45) is 0 Å². The molecule has 0 bridgehead atoms. The van der Waals surface area contributed by atoms with Crippen LogP contribution in [0, 0.1) is 5.82 Å². The van der Waals surface area contributed by atoms with Gasteiger partial charge < -0.3 is 5.32 Å². The van der Waals surface area contributed by atoms with E-state index in [1.54, 1.807) is 11.7 Å². The van der Waals surface area contributed by atoms with E-state index in [2.05, 4.69) is 31.6 Å². The van der Waals surface area contributed by atoms with E-state index in [4.69, 9.17) is 5.21 Å². The number of nitrogens with zero attached hydrogens (tertiary/aromatic N) is 3. The molecular weight excluding hydrogens is 457 g/mol. The summed E-state index contributed by atoms with van der Waals surface area (Å²) in [4.78, 5) is 23.9. The van der Waals surface area contributed by atoms with Gasteiger partial charge in [0.25, 0.3) is 5.91 Å². The van der Waals surface area contributed by atoms with Crippen molar-refractivity contribution in [1.29, 1.82) is 0 Å². The first kappa shape index (κ1) is 21.6. The van der Waals surface area contributed by atoms with Crippen molar-refractivity contribution in [2.45, 2.75) is 25.4 Å². The van der Waals surface area contributed by atoms with Crippen LogP contribution in [0.15, 0.2) is 59.2 Å². The second-order valence-electron chi connectivity index (χ2n) is 6.61. The maximum atomic E-state index is 13.0. The number of benzene rings is 2. The van der Waals surface area contributed by atoms with Crippen molar-refractivity contribution in [3.05, 3.63) is 81.8 Å². The number of halogens is 2. The van der Waals surface area contributed by atoms with Crippen molar-refractivity contribution >= 4 is 27.7 Å². The molecule has 0 saturated heterocycles. The predicted octanol–water partition coefficient (Wildman–Crippen LogP) is 2.79. The third-order valence-corrected chi connectivity index (χ3v) is 4.87. The number of carbonyl (C=O) groups excluding carboxylic acids is 2. The molecule has 3 N–H and O–H groups in total. The fourth-order valence-electron chi connectivity index (χ4n) is 2.90. The molecule has 0 saturated carbocycles. The molecule has 1 heterocycles. The van der Waals surface area contributed by atoms with Crippen LogP contribution in [0.5, 0.6) is 0 Å². The first-order valence-corrected chi connectivity index (χ1v) is 9.85. The molecule has 156 valence electrons. The zero-order valence-corrected chi connectivity index (χ0v) is 17.3. The van der Waals surface area contributed by atoms with Gasteiger partial charge in [0.05, 0.1) is 25.2 Å². The van der Waals surface area contributed by atoms with E-state index in [1.807, 2.05) is 24.3 Å².